The maximum Gasteiger partial charge on any atom is 0.433 e. The summed E-state index contributed by atoms with van der Waals surface area (Å²) in [7, 11) is 0. The summed E-state index contributed by atoms with van der Waals surface area (Å²) in [5.74, 6) is 0.131. The van der Waals surface area contributed by atoms with Gasteiger partial charge in [0, 0.05) is 11.6 Å². The quantitative estimate of drug-likeness (QED) is 0.906. The summed E-state index contributed by atoms with van der Waals surface area (Å²) in [4.78, 5) is 6.94. The normalized spacial score (nSPS) is 13.2. The molecular weight excluding hydrogens is 287 g/mol. The van der Waals surface area contributed by atoms with Crippen molar-refractivity contribution in [2.45, 2.75) is 33.0 Å². The molecule has 0 saturated heterocycles. The van der Waals surface area contributed by atoms with Gasteiger partial charge in [0.1, 0.15) is 11.6 Å². The zero-order valence-electron chi connectivity index (χ0n) is 11.6. The standard InChI is InChI=1S/C12H14F3N5O/c1-5(10-6(2)20-21-7(10)3)17-9-4-8(12(13,14)15)18-11(16)19-9/h4-5H,1-3H3,(H3,16,17,18,19). The number of nitrogens with zero attached hydrogens (tertiary/aromatic N) is 3. The number of nitrogens with two attached hydrogens (primary N) is 1. The van der Waals surface area contributed by atoms with Gasteiger partial charge < -0.3 is 15.6 Å². The van der Waals surface area contributed by atoms with Crippen LogP contribution in [0.25, 0.3) is 0 Å². The second-order valence-electron chi connectivity index (χ2n) is 4.60. The molecule has 2 aromatic heterocycles. The lowest BCUT2D eigenvalue weighted by Gasteiger charge is -2.15. The van der Waals surface area contributed by atoms with Crippen LogP contribution in [-0.4, -0.2) is 15.1 Å². The Morgan fingerprint density at radius 1 is 1.29 bits per heavy atom. The van der Waals surface area contributed by atoms with Crippen molar-refractivity contribution in [1.82, 2.24) is 15.1 Å². The summed E-state index contributed by atoms with van der Waals surface area (Å²) >= 11 is 0. The van der Waals surface area contributed by atoms with Crippen molar-refractivity contribution >= 4 is 11.8 Å². The molecule has 0 aromatic carbocycles. The molecule has 114 valence electrons. The van der Waals surface area contributed by atoms with Crippen LogP contribution in [0.15, 0.2) is 10.6 Å². The molecule has 0 radical (unpaired) electrons. The van der Waals surface area contributed by atoms with Crippen LogP contribution in [0.4, 0.5) is 24.9 Å². The number of halogens is 3. The van der Waals surface area contributed by atoms with E-state index in [0.29, 0.717) is 11.5 Å². The number of alkyl halides is 3. The van der Waals surface area contributed by atoms with Crippen LogP contribution in [0.2, 0.25) is 0 Å². The Balaban J connectivity index is 2.30. The van der Waals surface area contributed by atoms with Crippen LogP contribution in [0.1, 0.15) is 35.7 Å². The number of nitrogens with one attached hydrogen (secondary N) is 1. The fraction of sp³-hybridized carbons (Fsp3) is 0.417. The van der Waals surface area contributed by atoms with Gasteiger partial charge in [0.2, 0.25) is 5.95 Å². The summed E-state index contributed by atoms with van der Waals surface area (Å²) in [6.07, 6.45) is -4.58. The number of rotatable bonds is 3. The highest BCUT2D eigenvalue weighted by Crippen LogP contribution is 2.30. The summed E-state index contributed by atoms with van der Waals surface area (Å²) in [5.41, 5.74) is 5.65. The molecule has 0 amide bonds. The summed E-state index contributed by atoms with van der Waals surface area (Å²) < 4.78 is 43.1. The second kappa shape index (κ2) is 5.23. The molecule has 2 heterocycles. The molecule has 0 aliphatic heterocycles. The molecule has 2 rings (SSSR count). The molecule has 0 saturated carbocycles. The summed E-state index contributed by atoms with van der Waals surface area (Å²) in [5, 5.41) is 6.65. The van der Waals surface area contributed by atoms with Gasteiger partial charge in [-0.15, -0.1) is 0 Å². The Morgan fingerprint density at radius 2 is 1.95 bits per heavy atom. The van der Waals surface area contributed by atoms with Gasteiger partial charge in [0.25, 0.3) is 0 Å². The van der Waals surface area contributed by atoms with Crippen LogP contribution in [0.3, 0.4) is 0 Å². The van der Waals surface area contributed by atoms with Crippen molar-refractivity contribution in [2.75, 3.05) is 11.1 Å². The lowest BCUT2D eigenvalue weighted by molar-refractivity contribution is -0.141. The van der Waals surface area contributed by atoms with Gasteiger partial charge in [-0.25, -0.2) is 4.98 Å². The van der Waals surface area contributed by atoms with Crippen molar-refractivity contribution in [3.63, 3.8) is 0 Å². The van der Waals surface area contributed by atoms with E-state index in [2.05, 4.69) is 20.4 Å². The highest BCUT2D eigenvalue weighted by atomic mass is 19.4. The zero-order valence-corrected chi connectivity index (χ0v) is 11.6. The van der Waals surface area contributed by atoms with Gasteiger partial charge in [0.15, 0.2) is 5.69 Å². The van der Waals surface area contributed by atoms with Gasteiger partial charge in [-0.1, -0.05) is 5.16 Å². The molecule has 2 aromatic rings. The van der Waals surface area contributed by atoms with E-state index in [1.54, 1.807) is 20.8 Å². The lowest BCUT2D eigenvalue weighted by atomic mass is 10.1. The van der Waals surface area contributed by atoms with E-state index < -0.39 is 17.8 Å². The Morgan fingerprint density at radius 3 is 2.48 bits per heavy atom. The molecule has 0 aliphatic carbocycles. The van der Waals surface area contributed by atoms with Gasteiger partial charge in [-0.2, -0.15) is 18.2 Å². The average molecular weight is 301 g/mol. The van der Waals surface area contributed by atoms with E-state index in [1.807, 2.05) is 0 Å². The summed E-state index contributed by atoms with van der Waals surface area (Å²) in [6.45, 7) is 5.24. The Kier molecular flexibility index (Phi) is 3.75. The fourth-order valence-electron chi connectivity index (χ4n) is 2.09. The minimum absolute atomic E-state index is 0.0117. The highest BCUT2D eigenvalue weighted by Gasteiger charge is 2.33. The molecule has 1 atom stereocenters. The largest absolute Gasteiger partial charge is 0.433 e. The number of anilines is 2. The molecule has 3 N–H and O–H groups in total. The third-order valence-electron chi connectivity index (χ3n) is 2.92. The fourth-order valence-corrected chi connectivity index (χ4v) is 2.09. The van der Waals surface area contributed by atoms with Gasteiger partial charge in [0.05, 0.1) is 11.7 Å². The van der Waals surface area contributed by atoms with Crippen LogP contribution >= 0.6 is 0 Å². The molecular formula is C12H14F3N5O. The maximum absolute atomic E-state index is 12.7. The lowest BCUT2D eigenvalue weighted by Crippen LogP contribution is -2.15. The Labute approximate surface area is 118 Å². The number of nitrogen functional groups attached to an aromatic ring is 1. The van der Waals surface area contributed by atoms with Crippen LogP contribution in [0, 0.1) is 13.8 Å². The SMILES string of the molecule is Cc1noc(C)c1C(C)Nc1cc(C(F)(F)F)nc(N)n1. The smallest absolute Gasteiger partial charge is 0.368 e. The van der Waals surface area contributed by atoms with Gasteiger partial charge >= 0.3 is 6.18 Å². The minimum Gasteiger partial charge on any atom is -0.368 e. The Bertz CT molecular complexity index is 633. The first-order chi connectivity index (χ1) is 9.68. The first-order valence-corrected chi connectivity index (χ1v) is 6.09. The van der Waals surface area contributed by atoms with Gasteiger partial charge in [-0.05, 0) is 20.8 Å². The third kappa shape index (κ3) is 3.23. The van der Waals surface area contributed by atoms with E-state index >= 15 is 0 Å². The highest BCUT2D eigenvalue weighted by molar-refractivity contribution is 5.44. The third-order valence-corrected chi connectivity index (χ3v) is 2.92. The van der Waals surface area contributed by atoms with E-state index in [1.165, 1.54) is 0 Å². The van der Waals surface area contributed by atoms with Gasteiger partial charge in [-0.3, -0.25) is 0 Å². The Hall–Kier alpha value is -2.32. The number of hydrogen-bond acceptors (Lipinski definition) is 6. The second-order valence-corrected chi connectivity index (χ2v) is 4.60. The summed E-state index contributed by atoms with van der Waals surface area (Å²) in [6, 6.07) is 0.469. The van der Waals surface area contributed by atoms with Crippen LogP contribution in [0.5, 0.6) is 0 Å². The number of hydrogen-bond donors (Lipinski definition) is 2. The van der Waals surface area contributed by atoms with Crippen molar-refractivity contribution in [3.8, 4) is 0 Å². The molecule has 9 heteroatoms. The minimum atomic E-state index is -4.58. The number of aryl methyl sites for hydroxylation is 2. The molecule has 1 unspecified atom stereocenters. The molecule has 0 bridgehead atoms. The average Bonchev–Trinajstić information content (AvgIpc) is 2.67. The van der Waals surface area contributed by atoms with Crippen molar-refractivity contribution in [1.29, 1.82) is 0 Å². The van der Waals surface area contributed by atoms with Crippen LogP contribution in [-0.2, 0) is 6.18 Å². The topological polar surface area (TPSA) is 89.9 Å². The molecule has 0 aliphatic rings. The first kappa shape index (κ1) is 15.1. The predicted molar refractivity (Wildman–Crippen MR) is 69.5 cm³/mol. The molecule has 0 fully saturated rings. The monoisotopic (exact) mass is 301 g/mol. The predicted octanol–water partition coefficient (Wildman–Crippen LogP) is 2.86. The van der Waals surface area contributed by atoms with E-state index in [9.17, 15) is 13.2 Å². The van der Waals surface area contributed by atoms with E-state index in [0.717, 1.165) is 11.6 Å². The number of aromatic nitrogens is 3. The maximum atomic E-state index is 12.7. The van der Waals surface area contributed by atoms with E-state index in [-0.39, 0.29) is 11.9 Å². The first-order valence-electron chi connectivity index (χ1n) is 6.09. The molecule has 21 heavy (non-hydrogen) atoms. The molecule has 0 spiro atoms. The van der Waals surface area contributed by atoms with Crippen molar-refractivity contribution in [3.05, 3.63) is 28.8 Å². The van der Waals surface area contributed by atoms with Crippen molar-refractivity contribution < 1.29 is 17.7 Å². The molecule has 6 nitrogen and oxygen atoms in total. The zero-order chi connectivity index (χ0) is 15.8. The van der Waals surface area contributed by atoms with Crippen LogP contribution < -0.4 is 11.1 Å². The van der Waals surface area contributed by atoms with Crippen molar-refractivity contribution in [2.24, 2.45) is 0 Å². The van der Waals surface area contributed by atoms with E-state index in [4.69, 9.17) is 10.3 Å².